The van der Waals surface area contributed by atoms with Crippen LogP contribution in [-0.2, 0) is 0 Å². The van der Waals surface area contributed by atoms with E-state index >= 15 is 0 Å². The molecule has 0 aliphatic carbocycles. The molecule has 0 aliphatic heterocycles. The zero-order valence-corrected chi connectivity index (χ0v) is 9.50. The smallest absolute Gasteiger partial charge is 0.0726 e. The third-order valence-corrected chi connectivity index (χ3v) is 2.35. The van der Waals surface area contributed by atoms with Crippen LogP contribution in [0.15, 0.2) is 9.98 Å². The summed E-state index contributed by atoms with van der Waals surface area (Å²) < 4.78 is 1.19. The molecule has 0 aliphatic rings. The maximum absolute atomic E-state index is 4.37. The van der Waals surface area contributed by atoms with Crippen LogP contribution in [0.5, 0.6) is 0 Å². The van der Waals surface area contributed by atoms with Crippen molar-refractivity contribution in [2.24, 2.45) is 15.9 Å². The molecular formula is C8H15IN2. The molecule has 3 heteroatoms. The lowest BCUT2D eigenvalue weighted by Gasteiger charge is -1.99. The standard InChI is InChI=1S/C8H15IN2/c1-4-8(9)11-6-7(2)5-10-3/h5,7H,4,6H2,1-3H3/b10-5+,11-8+. The van der Waals surface area contributed by atoms with E-state index < -0.39 is 0 Å². The lowest BCUT2D eigenvalue weighted by Crippen LogP contribution is -2.01. The van der Waals surface area contributed by atoms with Crippen LogP contribution in [0.3, 0.4) is 0 Å². The van der Waals surface area contributed by atoms with E-state index in [-0.39, 0.29) is 0 Å². The highest BCUT2D eigenvalue weighted by Crippen LogP contribution is 1.99. The average molecular weight is 266 g/mol. The molecule has 0 aromatic carbocycles. The van der Waals surface area contributed by atoms with Crippen molar-refractivity contribution < 1.29 is 0 Å². The fourth-order valence-electron chi connectivity index (χ4n) is 0.656. The molecule has 0 fully saturated rings. The Morgan fingerprint density at radius 2 is 2.27 bits per heavy atom. The summed E-state index contributed by atoms with van der Waals surface area (Å²) in [5.74, 6) is 0.469. The SMILES string of the molecule is CC/C(I)=N\CC(C)/C=N/C. The average Bonchev–Trinajstić information content (AvgIpc) is 2.01. The van der Waals surface area contributed by atoms with E-state index in [4.69, 9.17) is 0 Å². The molecule has 0 saturated carbocycles. The quantitative estimate of drug-likeness (QED) is 0.552. The molecule has 0 N–H and O–H groups in total. The highest BCUT2D eigenvalue weighted by molar-refractivity contribution is 14.1. The first-order valence-electron chi connectivity index (χ1n) is 3.81. The summed E-state index contributed by atoms with van der Waals surface area (Å²) in [4.78, 5) is 8.32. The minimum Gasteiger partial charge on any atom is -0.301 e. The molecule has 0 rings (SSSR count). The van der Waals surface area contributed by atoms with Crippen LogP contribution in [-0.4, -0.2) is 23.5 Å². The molecule has 0 radical (unpaired) electrons. The van der Waals surface area contributed by atoms with Crippen LogP contribution in [0.4, 0.5) is 0 Å². The van der Waals surface area contributed by atoms with Gasteiger partial charge in [0.15, 0.2) is 0 Å². The van der Waals surface area contributed by atoms with Crippen LogP contribution < -0.4 is 0 Å². The van der Waals surface area contributed by atoms with Gasteiger partial charge in [-0.15, -0.1) is 0 Å². The number of hydrogen-bond donors (Lipinski definition) is 0. The molecule has 0 bridgehead atoms. The maximum Gasteiger partial charge on any atom is 0.0726 e. The van der Waals surface area contributed by atoms with Gasteiger partial charge in [0, 0.05) is 25.7 Å². The van der Waals surface area contributed by atoms with Crippen LogP contribution in [0.25, 0.3) is 0 Å². The van der Waals surface area contributed by atoms with Gasteiger partial charge in [-0.25, -0.2) is 0 Å². The normalized spacial score (nSPS) is 15.8. The van der Waals surface area contributed by atoms with Crippen molar-refractivity contribution in [2.75, 3.05) is 13.6 Å². The fourth-order valence-corrected chi connectivity index (χ4v) is 0.853. The third kappa shape index (κ3) is 6.47. The molecule has 2 nitrogen and oxygen atoms in total. The van der Waals surface area contributed by atoms with E-state index in [0.717, 1.165) is 13.0 Å². The number of halogens is 1. The molecule has 0 heterocycles. The molecule has 0 saturated heterocycles. The second kappa shape index (κ2) is 6.76. The summed E-state index contributed by atoms with van der Waals surface area (Å²) >= 11 is 2.27. The van der Waals surface area contributed by atoms with Crippen molar-refractivity contribution in [2.45, 2.75) is 20.3 Å². The van der Waals surface area contributed by atoms with Gasteiger partial charge in [-0.05, 0) is 29.0 Å². The van der Waals surface area contributed by atoms with E-state index in [0.29, 0.717) is 5.92 Å². The first kappa shape index (κ1) is 11.1. The first-order valence-corrected chi connectivity index (χ1v) is 4.89. The molecular weight excluding hydrogens is 251 g/mol. The van der Waals surface area contributed by atoms with Gasteiger partial charge in [-0.1, -0.05) is 13.8 Å². The van der Waals surface area contributed by atoms with Crippen molar-refractivity contribution in [1.82, 2.24) is 0 Å². The van der Waals surface area contributed by atoms with Crippen LogP contribution >= 0.6 is 22.6 Å². The number of aliphatic imine (C=N–C) groups is 2. The van der Waals surface area contributed by atoms with Crippen LogP contribution in [0.2, 0.25) is 0 Å². The predicted octanol–water partition coefficient (Wildman–Crippen LogP) is 2.57. The summed E-state index contributed by atoms with van der Waals surface area (Å²) in [5.41, 5.74) is 0. The minimum atomic E-state index is 0.469. The Bertz CT molecular complexity index is 152. The Morgan fingerprint density at radius 3 is 2.73 bits per heavy atom. The van der Waals surface area contributed by atoms with Crippen molar-refractivity contribution in [1.29, 1.82) is 0 Å². The Kier molecular flexibility index (Phi) is 6.80. The highest BCUT2D eigenvalue weighted by Gasteiger charge is 1.95. The minimum absolute atomic E-state index is 0.469. The molecule has 0 amide bonds. The molecule has 1 unspecified atom stereocenters. The van der Waals surface area contributed by atoms with Crippen molar-refractivity contribution in [3.63, 3.8) is 0 Å². The van der Waals surface area contributed by atoms with Gasteiger partial charge in [0.1, 0.15) is 0 Å². The number of hydrogen-bond acceptors (Lipinski definition) is 2. The van der Waals surface area contributed by atoms with E-state index in [2.05, 4.69) is 46.4 Å². The van der Waals surface area contributed by atoms with Crippen LogP contribution in [0.1, 0.15) is 20.3 Å². The molecule has 64 valence electrons. The molecule has 0 spiro atoms. The van der Waals surface area contributed by atoms with Gasteiger partial charge in [-0.2, -0.15) is 0 Å². The van der Waals surface area contributed by atoms with Gasteiger partial charge >= 0.3 is 0 Å². The fraction of sp³-hybridized carbons (Fsp3) is 0.750. The second-order valence-electron chi connectivity index (χ2n) is 2.46. The van der Waals surface area contributed by atoms with Gasteiger partial charge in [-0.3, -0.25) is 4.99 Å². The second-order valence-corrected chi connectivity index (χ2v) is 3.70. The van der Waals surface area contributed by atoms with E-state index in [9.17, 15) is 0 Å². The van der Waals surface area contributed by atoms with E-state index in [1.165, 1.54) is 3.72 Å². The van der Waals surface area contributed by atoms with E-state index in [1.807, 2.05) is 6.21 Å². The summed E-state index contributed by atoms with van der Waals surface area (Å²) in [6.45, 7) is 5.10. The van der Waals surface area contributed by atoms with Gasteiger partial charge in [0.2, 0.25) is 0 Å². The Morgan fingerprint density at radius 1 is 1.64 bits per heavy atom. The summed E-state index contributed by atoms with van der Waals surface area (Å²) in [5, 5.41) is 0. The monoisotopic (exact) mass is 266 g/mol. The Labute approximate surface area is 82.3 Å². The van der Waals surface area contributed by atoms with Gasteiger partial charge in [0.05, 0.1) is 3.72 Å². The highest BCUT2D eigenvalue weighted by atomic mass is 127. The third-order valence-electron chi connectivity index (χ3n) is 1.25. The molecule has 11 heavy (non-hydrogen) atoms. The molecule has 0 aromatic rings. The topological polar surface area (TPSA) is 24.7 Å². The zero-order valence-electron chi connectivity index (χ0n) is 7.34. The summed E-state index contributed by atoms with van der Waals surface area (Å²) in [6, 6.07) is 0. The van der Waals surface area contributed by atoms with Crippen LogP contribution in [0, 0.1) is 5.92 Å². The Balaban J connectivity index is 3.68. The van der Waals surface area contributed by atoms with Crippen molar-refractivity contribution >= 4 is 32.5 Å². The number of nitrogens with zero attached hydrogens (tertiary/aromatic N) is 2. The largest absolute Gasteiger partial charge is 0.301 e. The van der Waals surface area contributed by atoms with Crippen molar-refractivity contribution in [3.05, 3.63) is 0 Å². The lowest BCUT2D eigenvalue weighted by atomic mass is 10.2. The summed E-state index contributed by atoms with van der Waals surface area (Å²) in [6.07, 6.45) is 2.97. The van der Waals surface area contributed by atoms with Gasteiger partial charge in [0.25, 0.3) is 0 Å². The lowest BCUT2D eigenvalue weighted by molar-refractivity contribution is 0.799. The maximum atomic E-state index is 4.37. The molecule has 0 aromatic heterocycles. The summed E-state index contributed by atoms with van der Waals surface area (Å²) in [7, 11) is 1.80. The molecule has 1 atom stereocenters. The first-order chi connectivity index (χ1) is 5.20. The van der Waals surface area contributed by atoms with E-state index in [1.54, 1.807) is 7.05 Å². The zero-order chi connectivity index (χ0) is 8.69. The van der Waals surface area contributed by atoms with Crippen molar-refractivity contribution in [3.8, 4) is 0 Å². The van der Waals surface area contributed by atoms with Gasteiger partial charge < -0.3 is 4.99 Å². The predicted molar refractivity (Wildman–Crippen MR) is 60.2 cm³/mol. The Hall–Kier alpha value is 0.0700. The number of rotatable bonds is 4.